The Hall–Kier alpha value is -2.34. The highest BCUT2D eigenvalue weighted by atomic mass is 32.2. The van der Waals surface area contributed by atoms with Crippen LogP contribution in [0.15, 0.2) is 48.5 Å². The van der Waals surface area contributed by atoms with Crippen LogP contribution in [0.4, 0.5) is 15.8 Å². The topological polar surface area (TPSA) is 58.2 Å². The van der Waals surface area contributed by atoms with E-state index in [4.69, 9.17) is 0 Å². The fraction of sp³-hybridized carbons (Fsp3) is 0.176. The van der Waals surface area contributed by atoms with Gasteiger partial charge in [0.05, 0.1) is 11.5 Å². The molecule has 2 rings (SSSR count). The number of rotatable bonds is 6. The minimum absolute atomic E-state index is 0.123. The Kier molecular flexibility index (Phi) is 6.17. The molecule has 0 heterocycles. The number of aryl methyl sites for hydroxylation is 1. The summed E-state index contributed by atoms with van der Waals surface area (Å²) >= 11 is 1.20. The molecule has 0 saturated carbocycles. The molecule has 2 aromatic rings. The van der Waals surface area contributed by atoms with Gasteiger partial charge in [0.1, 0.15) is 5.82 Å². The van der Waals surface area contributed by atoms with Crippen LogP contribution in [0.5, 0.6) is 0 Å². The first-order chi connectivity index (χ1) is 11.0. The van der Waals surface area contributed by atoms with Crippen LogP contribution in [0.2, 0.25) is 0 Å². The molecule has 2 amide bonds. The molecular weight excluding hydrogens is 315 g/mol. The SMILES string of the molecule is Cc1cccc(NC(=O)CSCC(=O)Nc2cccc(F)c2)c1. The van der Waals surface area contributed by atoms with Crippen molar-refractivity contribution in [3.8, 4) is 0 Å². The molecule has 0 aliphatic rings. The zero-order valence-corrected chi connectivity index (χ0v) is 13.5. The molecular formula is C17H17FN2O2S. The Balaban J connectivity index is 1.71. The molecule has 2 N–H and O–H groups in total. The number of carbonyl (C=O) groups excluding carboxylic acids is 2. The largest absolute Gasteiger partial charge is 0.325 e. The highest BCUT2D eigenvalue weighted by molar-refractivity contribution is 8.00. The second-order valence-corrected chi connectivity index (χ2v) is 5.95. The summed E-state index contributed by atoms with van der Waals surface area (Å²) in [6.07, 6.45) is 0. The summed E-state index contributed by atoms with van der Waals surface area (Å²) in [7, 11) is 0. The lowest BCUT2D eigenvalue weighted by Gasteiger charge is -2.07. The monoisotopic (exact) mass is 332 g/mol. The van der Waals surface area contributed by atoms with Crippen LogP contribution in [-0.4, -0.2) is 23.3 Å². The lowest BCUT2D eigenvalue weighted by atomic mass is 10.2. The van der Waals surface area contributed by atoms with Crippen molar-refractivity contribution in [3.63, 3.8) is 0 Å². The van der Waals surface area contributed by atoms with E-state index in [0.717, 1.165) is 11.3 Å². The predicted molar refractivity (Wildman–Crippen MR) is 92.2 cm³/mol. The molecule has 0 bridgehead atoms. The van der Waals surface area contributed by atoms with Crippen molar-refractivity contribution in [1.82, 2.24) is 0 Å². The molecule has 6 heteroatoms. The maximum absolute atomic E-state index is 13.0. The quantitative estimate of drug-likeness (QED) is 0.852. The number of thioether (sulfide) groups is 1. The van der Waals surface area contributed by atoms with Crippen LogP contribution < -0.4 is 10.6 Å². The van der Waals surface area contributed by atoms with Crippen LogP contribution in [0, 0.1) is 12.7 Å². The van der Waals surface area contributed by atoms with Crippen LogP contribution in [0.3, 0.4) is 0 Å². The van der Waals surface area contributed by atoms with E-state index in [1.807, 2.05) is 31.2 Å². The number of hydrogen-bond donors (Lipinski definition) is 2. The van der Waals surface area contributed by atoms with Crippen molar-refractivity contribution < 1.29 is 14.0 Å². The molecule has 4 nitrogen and oxygen atoms in total. The summed E-state index contributed by atoms with van der Waals surface area (Å²) in [4.78, 5) is 23.5. The number of nitrogens with one attached hydrogen (secondary N) is 2. The fourth-order valence-electron chi connectivity index (χ4n) is 1.92. The molecule has 23 heavy (non-hydrogen) atoms. The normalized spacial score (nSPS) is 10.2. The third kappa shape index (κ3) is 6.12. The van der Waals surface area contributed by atoms with E-state index in [1.54, 1.807) is 6.07 Å². The van der Waals surface area contributed by atoms with E-state index in [0.29, 0.717) is 5.69 Å². The Bertz CT molecular complexity index is 647. The van der Waals surface area contributed by atoms with E-state index in [1.165, 1.54) is 30.0 Å². The van der Waals surface area contributed by atoms with Crippen LogP contribution in [-0.2, 0) is 9.59 Å². The van der Waals surface area contributed by atoms with Crippen molar-refractivity contribution >= 4 is 35.0 Å². The summed E-state index contributed by atoms with van der Waals surface area (Å²) in [6.45, 7) is 1.95. The lowest BCUT2D eigenvalue weighted by molar-refractivity contribution is -0.114. The minimum Gasteiger partial charge on any atom is -0.325 e. The van der Waals surface area contributed by atoms with Gasteiger partial charge in [0.15, 0.2) is 0 Å². The number of hydrogen-bond acceptors (Lipinski definition) is 3. The number of amides is 2. The first-order valence-corrected chi connectivity index (χ1v) is 8.18. The molecule has 0 fully saturated rings. The van der Waals surface area contributed by atoms with E-state index in [2.05, 4.69) is 10.6 Å². The fourth-order valence-corrected chi connectivity index (χ4v) is 2.54. The van der Waals surface area contributed by atoms with Crippen LogP contribution >= 0.6 is 11.8 Å². The average Bonchev–Trinajstić information content (AvgIpc) is 2.47. The lowest BCUT2D eigenvalue weighted by Crippen LogP contribution is -2.18. The van der Waals surface area contributed by atoms with Crippen molar-refractivity contribution in [2.45, 2.75) is 6.92 Å². The Morgan fingerprint density at radius 3 is 2.09 bits per heavy atom. The van der Waals surface area contributed by atoms with Gasteiger partial charge in [0.25, 0.3) is 0 Å². The number of anilines is 2. The van der Waals surface area contributed by atoms with Crippen molar-refractivity contribution in [1.29, 1.82) is 0 Å². The van der Waals surface area contributed by atoms with Crippen molar-refractivity contribution in [3.05, 3.63) is 59.9 Å². The predicted octanol–water partition coefficient (Wildman–Crippen LogP) is 3.44. The third-order valence-electron chi connectivity index (χ3n) is 2.88. The average molecular weight is 332 g/mol. The summed E-state index contributed by atoms with van der Waals surface area (Å²) in [5.41, 5.74) is 2.20. The highest BCUT2D eigenvalue weighted by Gasteiger charge is 2.07. The molecule has 0 saturated heterocycles. The zero-order chi connectivity index (χ0) is 16.7. The molecule has 2 aromatic carbocycles. The zero-order valence-electron chi connectivity index (χ0n) is 12.6. The number of halogens is 1. The third-order valence-corrected chi connectivity index (χ3v) is 3.81. The Labute approximate surface area is 138 Å². The molecule has 0 unspecified atom stereocenters. The van der Waals surface area contributed by atoms with Gasteiger partial charge in [-0.15, -0.1) is 11.8 Å². The van der Waals surface area contributed by atoms with Gasteiger partial charge in [-0.05, 0) is 42.8 Å². The van der Waals surface area contributed by atoms with Crippen molar-refractivity contribution in [2.75, 3.05) is 22.1 Å². The smallest absolute Gasteiger partial charge is 0.234 e. The second-order valence-electron chi connectivity index (χ2n) is 4.97. The second kappa shape index (κ2) is 8.33. The molecule has 0 aliphatic heterocycles. The van der Waals surface area contributed by atoms with E-state index in [-0.39, 0.29) is 23.3 Å². The van der Waals surface area contributed by atoms with Gasteiger partial charge in [0.2, 0.25) is 11.8 Å². The Morgan fingerprint density at radius 2 is 1.52 bits per heavy atom. The molecule has 0 atom stereocenters. The van der Waals surface area contributed by atoms with Gasteiger partial charge in [0, 0.05) is 11.4 Å². The van der Waals surface area contributed by atoms with Gasteiger partial charge >= 0.3 is 0 Å². The van der Waals surface area contributed by atoms with E-state index < -0.39 is 5.82 Å². The van der Waals surface area contributed by atoms with E-state index >= 15 is 0 Å². The van der Waals surface area contributed by atoms with E-state index in [9.17, 15) is 14.0 Å². The molecule has 0 radical (unpaired) electrons. The van der Waals surface area contributed by atoms with Crippen LogP contribution in [0.25, 0.3) is 0 Å². The summed E-state index contributed by atoms with van der Waals surface area (Å²) in [6, 6.07) is 13.2. The van der Waals surface area contributed by atoms with Crippen LogP contribution in [0.1, 0.15) is 5.56 Å². The molecule has 0 aromatic heterocycles. The van der Waals surface area contributed by atoms with Gasteiger partial charge < -0.3 is 10.6 Å². The molecule has 0 spiro atoms. The van der Waals surface area contributed by atoms with Crippen molar-refractivity contribution in [2.24, 2.45) is 0 Å². The van der Waals surface area contributed by atoms with Gasteiger partial charge in [-0.3, -0.25) is 9.59 Å². The maximum Gasteiger partial charge on any atom is 0.234 e. The standard InChI is InChI=1S/C17H17FN2O2S/c1-12-4-2-6-14(8-12)19-16(21)10-23-11-17(22)20-15-7-3-5-13(18)9-15/h2-9H,10-11H2,1H3,(H,19,21)(H,20,22). The minimum atomic E-state index is -0.409. The highest BCUT2D eigenvalue weighted by Crippen LogP contribution is 2.12. The first-order valence-electron chi connectivity index (χ1n) is 7.02. The van der Waals surface area contributed by atoms with Gasteiger partial charge in [-0.2, -0.15) is 0 Å². The number of benzene rings is 2. The number of carbonyl (C=O) groups is 2. The summed E-state index contributed by atoms with van der Waals surface area (Å²) < 4.78 is 13.0. The molecule has 0 aliphatic carbocycles. The summed E-state index contributed by atoms with van der Waals surface area (Å²) in [5, 5.41) is 5.35. The first kappa shape index (κ1) is 17.0. The van der Waals surface area contributed by atoms with Gasteiger partial charge in [-0.25, -0.2) is 4.39 Å². The Morgan fingerprint density at radius 1 is 0.957 bits per heavy atom. The molecule has 120 valence electrons. The van der Waals surface area contributed by atoms with Gasteiger partial charge in [-0.1, -0.05) is 18.2 Å². The summed E-state index contributed by atoms with van der Waals surface area (Å²) in [5.74, 6) is -0.557. The maximum atomic E-state index is 13.0.